The SMILES string of the molecule is CCCc1cc(C(=O)Nc2nc(C)c(C(=O)N(C)C)s2)cs1. The highest BCUT2D eigenvalue weighted by Crippen LogP contribution is 2.25. The second-order valence-corrected chi connectivity index (χ2v) is 7.13. The van der Waals surface area contributed by atoms with Gasteiger partial charge in [-0.1, -0.05) is 24.7 Å². The molecule has 5 nitrogen and oxygen atoms in total. The quantitative estimate of drug-likeness (QED) is 0.909. The summed E-state index contributed by atoms with van der Waals surface area (Å²) in [6.07, 6.45) is 2.04. The highest BCUT2D eigenvalue weighted by Gasteiger charge is 2.18. The summed E-state index contributed by atoms with van der Waals surface area (Å²) in [5, 5.41) is 5.08. The number of rotatable bonds is 5. The number of thiophene rings is 1. The molecule has 2 aromatic heterocycles. The Bertz CT molecular complexity index is 689. The Morgan fingerprint density at radius 1 is 1.36 bits per heavy atom. The van der Waals surface area contributed by atoms with E-state index in [1.54, 1.807) is 32.4 Å². The van der Waals surface area contributed by atoms with Gasteiger partial charge in [0.1, 0.15) is 4.88 Å². The Morgan fingerprint density at radius 3 is 2.73 bits per heavy atom. The number of carbonyl (C=O) groups is 2. The molecule has 0 saturated carbocycles. The molecule has 7 heteroatoms. The van der Waals surface area contributed by atoms with Crippen molar-refractivity contribution in [2.75, 3.05) is 19.4 Å². The lowest BCUT2D eigenvalue weighted by molar-refractivity contribution is 0.0831. The molecule has 0 fully saturated rings. The fourth-order valence-electron chi connectivity index (χ4n) is 1.90. The van der Waals surface area contributed by atoms with Crippen LogP contribution in [0.15, 0.2) is 11.4 Å². The van der Waals surface area contributed by atoms with Gasteiger partial charge >= 0.3 is 0 Å². The van der Waals surface area contributed by atoms with Gasteiger partial charge in [0.15, 0.2) is 5.13 Å². The molecule has 0 aliphatic rings. The van der Waals surface area contributed by atoms with Crippen LogP contribution < -0.4 is 5.32 Å². The molecular formula is C15H19N3O2S2. The number of hydrogen-bond donors (Lipinski definition) is 1. The maximum Gasteiger partial charge on any atom is 0.265 e. The highest BCUT2D eigenvalue weighted by molar-refractivity contribution is 7.17. The normalized spacial score (nSPS) is 10.5. The minimum Gasteiger partial charge on any atom is -0.344 e. The fourth-order valence-corrected chi connectivity index (χ4v) is 3.85. The van der Waals surface area contributed by atoms with Crippen LogP contribution in [0.25, 0.3) is 0 Å². The third kappa shape index (κ3) is 3.72. The zero-order valence-electron chi connectivity index (χ0n) is 13.1. The lowest BCUT2D eigenvalue weighted by atomic mass is 10.2. The second-order valence-electron chi connectivity index (χ2n) is 5.14. The summed E-state index contributed by atoms with van der Waals surface area (Å²) < 4.78 is 0. The molecule has 0 atom stereocenters. The van der Waals surface area contributed by atoms with Crippen molar-refractivity contribution in [2.24, 2.45) is 0 Å². The minimum atomic E-state index is -0.184. The van der Waals surface area contributed by atoms with Gasteiger partial charge < -0.3 is 4.90 Å². The first-order valence-electron chi connectivity index (χ1n) is 7.00. The van der Waals surface area contributed by atoms with Crippen LogP contribution in [-0.2, 0) is 6.42 Å². The van der Waals surface area contributed by atoms with E-state index >= 15 is 0 Å². The molecule has 2 heterocycles. The summed E-state index contributed by atoms with van der Waals surface area (Å²) in [5.41, 5.74) is 1.28. The summed E-state index contributed by atoms with van der Waals surface area (Å²) in [6, 6.07) is 1.91. The van der Waals surface area contributed by atoms with Crippen molar-refractivity contribution in [3.05, 3.63) is 32.5 Å². The van der Waals surface area contributed by atoms with Crippen LogP contribution in [0.4, 0.5) is 5.13 Å². The van der Waals surface area contributed by atoms with Gasteiger partial charge in [0.25, 0.3) is 11.8 Å². The zero-order valence-corrected chi connectivity index (χ0v) is 14.7. The number of hydrogen-bond acceptors (Lipinski definition) is 5. The monoisotopic (exact) mass is 337 g/mol. The predicted octanol–water partition coefficient (Wildman–Crippen LogP) is 3.42. The number of nitrogens with one attached hydrogen (secondary N) is 1. The van der Waals surface area contributed by atoms with E-state index in [4.69, 9.17) is 0 Å². The van der Waals surface area contributed by atoms with Gasteiger partial charge in [-0.15, -0.1) is 11.3 Å². The van der Waals surface area contributed by atoms with E-state index in [1.807, 2.05) is 11.4 Å². The van der Waals surface area contributed by atoms with E-state index in [-0.39, 0.29) is 11.8 Å². The Kier molecular flexibility index (Phi) is 5.31. The summed E-state index contributed by atoms with van der Waals surface area (Å²) in [4.78, 5) is 31.7. The largest absolute Gasteiger partial charge is 0.344 e. The smallest absolute Gasteiger partial charge is 0.265 e. The number of thiazole rings is 1. The molecule has 0 bridgehead atoms. The van der Waals surface area contributed by atoms with Crippen molar-refractivity contribution < 1.29 is 9.59 Å². The average Bonchev–Trinajstić information content (AvgIpc) is 3.05. The van der Waals surface area contributed by atoms with Gasteiger partial charge in [0, 0.05) is 24.4 Å². The van der Waals surface area contributed by atoms with Crippen molar-refractivity contribution >= 4 is 39.6 Å². The molecule has 0 aromatic carbocycles. The van der Waals surface area contributed by atoms with Gasteiger partial charge in [-0.2, -0.15) is 0 Å². The summed E-state index contributed by atoms with van der Waals surface area (Å²) in [7, 11) is 3.39. The minimum absolute atomic E-state index is 0.101. The van der Waals surface area contributed by atoms with E-state index in [9.17, 15) is 9.59 Å². The van der Waals surface area contributed by atoms with Crippen molar-refractivity contribution in [2.45, 2.75) is 26.7 Å². The number of anilines is 1. The fraction of sp³-hybridized carbons (Fsp3) is 0.400. The van der Waals surface area contributed by atoms with Crippen molar-refractivity contribution in [1.82, 2.24) is 9.88 Å². The first-order chi connectivity index (χ1) is 10.4. The number of amides is 2. The number of carbonyl (C=O) groups excluding carboxylic acids is 2. The Hall–Kier alpha value is -1.73. The van der Waals surface area contributed by atoms with Crippen LogP contribution in [0.5, 0.6) is 0 Å². The van der Waals surface area contributed by atoms with E-state index in [0.29, 0.717) is 21.3 Å². The van der Waals surface area contributed by atoms with E-state index < -0.39 is 0 Å². The maximum absolute atomic E-state index is 12.2. The summed E-state index contributed by atoms with van der Waals surface area (Å²) in [5.74, 6) is -0.285. The van der Waals surface area contributed by atoms with Crippen molar-refractivity contribution in [3.63, 3.8) is 0 Å². The molecule has 0 aliphatic carbocycles. The second kappa shape index (κ2) is 7.02. The van der Waals surface area contributed by atoms with Crippen molar-refractivity contribution in [1.29, 1.82) is 0 Å². The number of nitrogens with zero attached hydrogens (tertiary/aromatic N) is 2. The number of aromatic nitrogens is 1. The van der Waals surface area contributed by atoms with E-state index in [0.717, 1.165) is 12.8 Å². The molecule has 1 N–H and O–H groups in total. The molecule has 2 rings (SSSR count). The summed E-state index contributed by atoms with van der Waals surface area (Å²) >= 11 is 2.80. The molecule has 0 unspecified atom stereocenters. The van der Waals surface area contributed by atoms with E-state index in [2.05, 4.69) is 17.2 Å². The molecule has 2 amide bonds. The lowest BCUT2D eigenvalue weighted by Crippen LogP contribution is -2.21. The summed E-state index contributed by atoms with van der Waals surface area (Å²) in [6.45, 7) is 3.88. The standard InChI is InChI=1S/C15H19N3O2S2/c1-5-6-11-7-10(8-21-11)13(19)17-15-16-9(2)12(22-15)14(20)18(3)4/h7-8H,5-6H2,1-4H3,(H,16,17,19). The van der Waals surface area contributed by atoms with Gasteiger partial charge in [-0.3, -0.25) is 14.9 Å². The first-order valence-corrected chi connectivity index (χ1v) is 8.69. The van der Waals surface area contributed by atoms with Crippen LogP contribution >= 0.6 is 22.7 Å². The molecule has 2 aromatic rings. The Morgan fingerprint density at radius 2 is 2.09 bits per heavy atom. The molecule has 118 valence electrons. The molecule has 22 heavy (non-hydrogen) atoms. The third-order valence-electron chi connectivity index (χ3n) is 3.03. The van der Waals surface area contributed by atoms with Crippen LogP contribution in [0, 0.1) is 6.92 Å². The van der Waals surface area contributed by atoms with Gasteiger partial charge in [0.05, 0.1) is 11.3 Å². The van der Waals surface area contributed by atoms with Gasteiger partial charge in [-0.05, 0) is 19.4 Å². The van der Waals surface area contributed by atoms with E-state index in [1.165, 1.54) is 21.1 Å². The first kappa shape index (κ1) is 16.6. The number of aryl methyl sites for hydroxylation is 2. The molecule has 0 aliphatic heterocycles. The Labute approximate surface area is 138 Å². The topological polar surface area (TPSA) is 62.3 Å². The molecule has 0 radical (unpaired) electrons. The molecule has 0 spiro atoms. The maximum atomic E-state index is 12.2. The van der Waals surface area contributed by atoms with Crippen LogP contribution in [-0.4, -0.2) is 35.8 Å². The highest BCUT2D eigenvalue weighted by atomic mass is 32.1. The predicted molar refractivity (Wildman–Crippen MR) is 91.1 cm³/mol. The average molecular weight is 337 g/mol. The molecular weight excluding hydrogens is 318 g/mol. The lowest BCUT2D eigenvalue weighted by Gasteiger charge is -2.07. The molecule has 0 saturated heterocycles. The van der Waals surface area contributed by atoms with Crippen LogP contribution in [0.2, 0.25) is 0 Å². The third-order valence-corrected chi connectivity index (χ3v) is 5.09. The Balaban J connectivity index is 2.11. The van der Waals surface area contributed by atoms with Crippen molar-refractivity contribution in [3.8, 4) is 0 Å². The van der Waals surface area contributed by atoms with Gasteiger partial charge in [0.2, 0.25) is 0 Å². The zero-order chi connectivity index (χ0) is 16.3. The van der Waals surface area contributed by atoms with Crippen LogP contribution in [0.3, 0.4) is 0 Å². The van der Waals surface area contributed by atoms with Gasteiger partial charge in [-0.25, -0.2) is 4.98 Å². The van der Waals surface area contributed by atoms with Crippen LogP contribution in [0.1, 0.15) is 43.9 Å².